The monoisotopic (exact) mass is 377 g/mol. The van der Waals surface area contributed by atoms with Gasteiger partial charge < -0.3 is 14.4 Å². The molecule has 3 rings (SSSR count). The summed E-state index contributed by atoms with van der Waals surface area (Å²) in [6, 6.07) is 16.3. The number of hydrogen-bond acceptors (Lipinski definition) is 4. The number of ether oxygens (including phenoxy) is 1. The SMILES string of the molecule is CCOc1cc(C=NNC(=O)c2ccc(-n3c(C)ccc3C)cc2)ccc1O. The molecule has 0 bridgehead atoms. The van der Waals surface area contributed by atoms with Crippen LogP contribution in [0.15, 0.2) is 59.7 Å². The van der Waals surface area contributed by atoms with Gasteiger partial charge in [0.25, 0.3) is 5.91 Å². The third kappa shape index (κ3) is 4.23. The minimum atomic E-state index is -0.299. The molecule has 1 aromatic heterocycles. The lowest BCUT2D eigenvalue weighted by molar-refractivity contribution is 0.0955. The molecular weight excluding hydrogens is 354 g/mol. The Morgan fingerprint density at radius 2 is 1.79 bits per heavy atom. The highest BCUT2D eigenvalue weighted by atomic mass is 16.5. The van der Waals surface area contributed by atoms with Gasteiger partial charge in [-0.2, -0.15) is 5.10 Å². The Morgan fingerprint density at radius 1 is 1.11 bits per heavy atom. The largest absolute Gasteiger partial charge is 0.504 e. The van der Waals surface area contributed by atoms with Crippen LogP contribution in [0.3, 0.4) is 0 Å². The van der Waals surface area contributed by atoms with E-state index in [2.05, 4.69) is 27.2 Å². The molecule has 6 nitrogen and oxygen atoms in total. The average Bonchev–Trinajstić information content (AvgIpc) is 3.03. The maximum Gasteiger partial charge on any atom is 0.271 e. The van der Waals surface area contributed by atoms with Crippen LogP contribution in [0.5, 0.6) is 11.5 Å². The van der Waals surface area contributed by atoms with Crippen molar-refractivity contribution in [2.75, 3.05) is 6.61 Å². The van der Waals surface area contributed by atoms with Crippen LogP contribution in [0.2, 0.25) is 0 Å². The molecule has 0 saturated heterocycles. The molecule has 2 N–H and O–H groups in total. The molecule has 0 unspecified atom stereocenters. The molecule has 144 valence electrons. The highest BCUT2D eigenvalue weighted by Gasteiger charge is 2.07. The van der Waals surface area contributed by atoms with E-state index in [1.807, 2.05) is 32.9 Å². The van der Waals surface area contributed by atoms with E-state index in [-0.39, 0.29) is 11.7 Å². The number of carbonyl (C=O) groups excluding carboxylic acids is 1. The molecule has 0 atom stereocenters. The number of amides is 1. The van der Waals surface area contributed by atoms with Gasteiger partial charge in [-0.1, -0.05) is 0 Å². The van der Waals surface area contributed by atoms with Crippen LogP contribution >= 0.6 is 0 Å². The van der Waals surface area contributed by atoms with Crippen LogP contribution in [0, 0.1) is 13.8 Å². The predicted octanol–water partition coefficient (Wildman–Crippen LogP) is 3.96. The summed E-state index contributed by atoms with van der Waals surface area (Å²) in [4.78, 5) is 12.3. The molecule has 0 aliphatic heterocycles. The first-order valence-electron chi connectivity index (χ1n) is 9.04. The fraction of sp³-hybridized carbons (Fsp3) is 0.182. The molecule has 2 aromatic carbocycles. The number of nitrogens with one attached hydrogen (secondary N) is 1. The number of phenols is 1. The van der Waals surface area contributed by atoms with E-state index >= 15 is 0 Å². The number of carbonyl (C=O) groups is 1. The summed E-state index contributed by atoms with van der Waals surface area (Å²) in [6.07, 6.45) is 1.50. The van der Waals surface area contributed by atoms with E-state index in [4.69, 9.17) is 4.74 Å². The van der Waals surface area contributed by atoms with Gasteiger partial charge in [0.2, 0.25) is 0 Å². The molecule has 1 amide bonds. The normalized spacial score (nSPS) is 11.0. The van der Waals surface area contributed by atoms with Crippen LogP contribution in [-0.4, -0.2) is 28.4 Å². The number of rotatable bonds is 6. The minimum Gasteiger partial charge on any atom is -0.504 e. The second-order valence-corrected chi connectivity index (χ2v) is 6.36. The number of aryl methyl sites for hydroxylation is 2. The number of aromatic nitrogens is 1. The first-order chi connectivity index (χ1) is 13.5. The van der Waals surface area contributed by atoms with E-state index in [9.17, 15) is 9.90 Å². The molecule has 3 aromatic rings. The summed E-state index contributed by atoms with van der Waals surface area (Å²) in [7, 11) is 0. The second kappa shape index (κ2) is 8.43. The molecule has 1 heterocycles. The maximum absolute atomic E-state index is 12.3. The van der Waals surface area contributed by atoms with Gasteiger partial charge >= 0.3 is 0 Å². The number of phenolic OH excluding ortho intramolecular Hbond substituents is 1. The van der Waals surface area contributed by atoms with Crippen molar-refractivity contribution in [3.63, 3.8) is 0 Å². The Labute approximate surface area is 164 Å². The Morgan fingerprint density at radius 3 is 2.43 bits per heavy atom. The zero-order valence-electron chi connectivity index (χ0n) is 16.1. The molecular formula is C22H23N3O3. The van der Waals surface area contributed by atoms with Crippen molar-refractivity contribution in [2.45, 2.75) is 20.8 Å². The topological polar surface area (TPSA) is 75.8 Å². The van der Waals surface area contributed by atoms with Crippen molar-refractivity contribution in [2.24, 2.45) is 5.10 Å². The van der Waals surface area contributed by atoms with Crippen molar-refractivity contribution in [1.82, 2.24) is 9.99 Å². The van der Waals surface area contributed by atoms with Crippen molar-refractivity contribution in [3.05, 3.63) is 77.1 Å². The molecule has 0 spiro atoms. The van der Waals surface area contributed by atoms with Crippen molar-refractivity contribution >= 4 is 12.1 Å². The quantitative estimate of drug-likeness (QED) is 0.504. The van der Waals surface area contributed by atoms with E-state index < -0.39 is 0 Å². The summed E-state index contributed by atoms with van der Waals surface area (Å²) in [6.45, 7) is 6.37. The van der Waals surface area contributed by atoms with Gasteiger partial charge in [-0.3, -0.25) is 4.79 Å². The minimum absolute atomic E-state index is 0.0660. The van der Waals surface area contributed by atoms with Crippen LogP contribution in [0.4, 0.5) is 0 Å². The fourth-order valence-electron chi connectivity index (χ4n) is 2.95. The number of hydrazone groups is 1. The summed E-state index contributed by atoms with van der Waals surface area (Å²) in [5.74, 6) is 0.146. The van der Waals surface area contributed by atoms with Gasteiger partial charge in [-0.15, -0.1) is 0 Å². The summed E-state index contributed by atoms with van der Waals surface area (Å²) in [5.41, 5.74) is 7.02. The van der Waals surface area contributed by atoms with Gasteiger partial charge in [0.05, 0.1) is 12.8 Å². The second-order valence-electron chi connectivity index (χ2n) is 6.36. The van der Waals surface area contributed by atoms with Crippen LogP contribution in [-0.2, 0) is 0 Å². The Balaban J connectivity index is 1.67. The summed E-state index contributed by atoms with van der Waals surface area (Å²) >= 11 is 0. The van der Waals surface area contributed by atoms with Gasteiger partial charge in [0.15, 0.2) is 11.5 Å². The van der Waals surface area contributed by atoms with E-state index in [0.29, 0.717) is 23.5 Å². The number of benzene rings is 2. The van der Waals surface area contributed by atoms with E-state index in [1.165, 1.54) is 12.3 Å². The van der Waals surface area contributed by atoms with Crippen molar-refractivity contribution in [1.29, 1.82) is 0 Å². The predicted molar refractivity (Wildman–Crippen MR) is 110 cm³/mol. The molecule has 6 heteroatoms. The number of aromatic hydroxyl groups is 1. The molecule has 0 radical (unpaired) electrons. The van der Waals surface area contributed by atoms with Crippen LogP contribution < -0.4 is 10.2 Å². The zero-order valence-corrected chi connectivity index (χ0v) is 16.1. The molecule has 0 fully saturated rings. The Bertz CT molecular complexity index is 985. The first-order valence-corrected chi connectivity index (χ1v) is 9.04. The molecule has 0 aliphatic carbocycles. The van der Waals surface area contributed by atoms with Gasteiger partial charge in [0.1, 0.15) is 0 Å². The smallest absolute Gasteiger partial charge is 0.271 e. The Hall–Kier alpha value is -3.54. The average molecular weight is 377 g/mol. The first kappa shape index (κ1) is 19.2. The fourth-order valence-corrected chi connectivity index (χ4v) is 2.95. The molecule has 0 aliphatic rings. The van der Waals surface area contributed by atoms with Gasteiger partial charge in [-0.05, 0) is 80.9 Å². The van der Waals surface area contributed by atoms with E-state index in [1.54, 1.807) is 24.3 Å². The number of nitrogens with zero attached hydrogens (tertiary/aromatic N) is 2. The van der Waals surface area contributed by atoms with Crippen molar-refractivity contribution < 1.29 is 14.6 Å². The molecule has 28 heavy (non-hydrogen) atoms. The molecule has 0 saturated carbocycles. The van der Waals surface area contributed by atoms with Crippen molar-refractivity contribution in [3.8, 4) is 17.2 Å². The third-order valence-electron chi connectivity index (χ3n) is 4.32. The summed E-state index contributed by atoms with van der Waals surface area (Å²) in [5, 5.41) is 13.7. The standard InChI is InChI=1S/C22H23N3O3/c1-4-28-21-13-17(7-12-20(21)26)14-23-24-22(27)18-8-10-19(11-9-18)25-15(2)5-6-16(25)3/h5-14,26H,4H2,1-3H3,(H,24,27). The van der Waals surface area contributed by atoms with Gasteiger partial charge in [0, 0.05) is 22.6 Å². The van der Waals surface area contributed by atoms with Gasteiger partial charge in [-0.25, -0.2) is 5.43 Å². The zero-order chi connectivity index (χ0) is 20.1. The number of hydrogen-bond donors (Lipinski definition) is 2. The van der Waals surface area contributed by atoms with Crippen LogP contribution in [0.1, 0.15) is 34.2 Å². The summed E-state index contributed by atoms with van der Waals surface area (Å²) < 4.78 is 7.46. The lowest BCUT2D eigenvalue weighted by Gasteiger charge is -2.10. The van der Waals surface area contributed by atoms with Crippen LogP contribution in [0.25, 0.3) is 5.69 Å². The maximum atomic E-state index is 12.3. The lowest BCUT2D eigenvalue weighted by Crippen LogP contribution is -2.17. The Kier molecular flexibility index (Phi) is 5.79. The highest BCUT2D eigenvalue weighted by molar-refractivity contribution is 5.95. The third-order valence-corrected chi connectivity index (χ3v) is 4.32. The highest BCUT2D eigenvalue weighted by Crippen LogP contribution is 2.26. The lowest BCUT2D eigenvalue weighted by atomic mass is 10.2. The van der Waals surface area contributed by atoms with E-state index in [0.717, 1.165) is 17.1 Å².